The molecule has 4 nitrogen and oxygen atoms in total. The van der Waals surface area contributed by atoms with Gasteiger partial charge in [0.05, 0.1) is 6.10 Å². The Bertz CT molecular complexity index is 349. The molecule has 3 fully saturated rings. The summed E-state index contributed by atoms with van der Waals surface area (Å²) in [6, 6.07) is 0.612. The lowest BCUT2D eigenvalue weighted by atomic mass is 10.0. The fourth-order valence-corrected chi connectivity index (χ4v) is 3.84. The van der Waals surface area contributed by atoms with Gasteiger partial charge in [-0.2, -0.15) is 0 Å². The molecule has 0 N–H and O–H groups in total. The van der Waals surface area contributed by atoms with E-state index >= 15 is 0 Å². The van der Waals surface area contributed by atoms with Crippen LogP contribution in [0.2, 0.25) is 0 Å². The van der Waals surface area contributed by atoms with Gasteiger partial charge in [-0.1, -0.05) is 0 Å². The largest absolute Gasteiger partial charge is 0.378 e. The number of piperidine rings is 1. The summed E-state index contributed by atoms with van der Waals surface area (Å²) in [5, 5.41) is 0. The van der Waals surface area contributed by atoms with Crippen molar-refractivity contribution in [1.82, 2.24) is 9.80 Å². The minimum atomic E-state index is 0.397. The molecule has 2 heterocycles. The minimum absolute atomic E-state index is 0.397. The molecule has 21 heavy (non-hydrogen) atoms. The maximum absolute atomic E-state index is 12.2. The first kappa shape index (κ1) is 15.3. The normalized spacial score (nSPS) is 29.7. The van der Waals surface area contributed by atoms with Gasteiger partial charge in [0.2, 0.25) is 5.91 Å². The highest BCUT2D eigenvalue weighted by molar-refractivity contribution is 5.76. The summed E-state index contributed by atoms with van der Waals surface area (Å²) in [4.78, 5) is 17.0. The molecular formula is C17H30N2O2. The van der Waals surface area contributed by atoms with Crippen molar-refractivity contribution in [3.8, 4) is 0 Å². The lowest BCUT2D eigenvalue weighted by molar-refractivity contribution is -0.130. The van der Waals surface area contributed by atoms with Crippen LogP contribution in [0.15, 0.2) is 0 Å². The highest BCUT2D eigenvalue weighted by Gasteiger charge is 2.32. The Morgan fingerprint density at radius 3 is 2.48 bits per heavy atom. The maximum atomic E-state index is 12.2. The number of nitrogens with zero attached hydrogens (tertiary/aromatic N) is 2. The van der Waals surface area contributed by atoms with Gasteiger partial charge in [-0.3, -0.25) is 4.79 Å². The van der Waals surface area contributed by atoms with Gasteiger partial charge in [0, 0.05) is 45.2 Å². The fraction of sp³-hybridized carbons (Fsp3) is 0.941. The highest BCUT2D eigenvalue weighted by Crippen LogP contribution is 2.31. The molecule has 0 unspecified atom stereocenters. The van der Waals surface area contributed by atoms with Crippen molar-refractivity contribution in [3.05, 3.63) is 0 Å². The van der Waals surface area contributed by atoms with Crippen LogP contribution in [0, 0.1) is 5.92 Å². The molecule has 4 heteroatoms. The summed E-state index contributed by atoms with van der Waals surface area (Å²) < 4.78 is 5.74. The van der Waals surface area contributed by atoms with E-state index in [4.69, 9.17) is 4.74 Å². The van der Waals surface area contributed by atoms with E-state index in [1.807, 2.05) is 0 Å². The van der Waals surface area contributed by atoms with Crippen LogP contribution in [0.3, 0.4) is 0 Å². The van der Waals surface area contributed by atoms with E-state index in [1.54, 1.807) is 0 Å². The molecule has 2 aliphatic heterocycles. The van der Waals surface area contributed by atoms with E-state index in [9.17, 15) is 4.79 Å². The third-order valence-electron chi connectivity index (χ3n) is 5.35. The van der Waals surface area contributed by atoms with Crippen LogP contribution in [0.4, 0.5) is 0 Å². The van der Waals surface area contributed by atoms with Crippen molar-refractivity contribution in [2.24, 2.45) is 5.92 Å². The second-order valence-electron chi connectivity index (χ2n) is 6.95. The first-order valence-corrected chi connectivity index (χ1v) is 8.89. The highest BCUT2D eigenvalue weighted by atomic mass is 16.5. The topological polar surface area (TPSA) is 32.8 Å². The predicted molar refractivity (Wildman–Crippen MR) is 83.2 cm³/mol. The maximum Gasteiger partial charge on any atom is 0.222 e. The molecule has 120 valence electrons. The van der Waals surface area contributed by atoms with Crippen molar-refractivity contribution in [3.63, 3.8) is 0 Å². The number of rotatable bonds is 5. The van der Waals surface area contributed by atoms with Gasteiger partial charge >= 0.3 is 0 Å². The molecule has 0 radical (unpaired) electrons. The van der Waals surface area contributed by atoms with E-state index in [2.05, 4.69) is 16.7 Å². The third kappa shape index (κ3) is 4.19. The summed E-state index contributed by atoms with van der Waals surface area (Å²) in [6.45, 7) is 7.21. The van der Waals surface area contributed by atoms with Crippen molar-refractivity contribution in [2.75, 3.05) is 32.8 Å². The number of carbonyl (C=O) groups is 1. The zero-order chi connectivity index (χ0) is 14.7. The van der Waals surface area contributed by atoms with Gasteiger partial charge in [0.1, 0.15) is 0 Å². The van der Waals surface area contributed by atoms with Crippen molar-refractivity contribution in [1.29, 1.82) is 0 Å². The summed E-state index contributed by atoms with van der Waals surface area (Å²) >= 11 is 0. The second kappa shape index (κ2) is 7.10. The van der Waals surface area contributed by atoms with E-state index in [0.29, 0.717) is 18.1 Å². The van der Waals surface area contributed by atoms with Gasteiger partial charge in [-0.15, -0.1) is 0 Å². The molecule has 1 atom stereocenters. The molecule has 1 aliphatic carbocycles. The van der Waals surface area contributed by atoms with Crippen LogP contribution in [-0.2, 0) is 9.53 Å². The summed E-state index contributed by atoms with van der Waals surface area (Å²) in [7, 11) is 0. The van der Waals surface area contributed by atoms with Gasteiger partial charge in [0.25, 0.3) is 0 Å². The van der Waals surface area contributed by atoms with E-state index in [0.717, 1.165) is 70.8 Å². The average molecular weight is 294 g/mol. The van der Waals surface area contributed by atoms with Crippen LogP contribution in [0.25, 0.3) is 0 Å². The van der Waals surface area contributed by atoms with Crippen LogP contribution < -0.4 is 0 Å². The number of carbonyl (C=O) groups excluding carboxylic acids is 1. The Morgan fingerprint density at radius 2 is 1.81 bits per heavy atom. The molecule has 1 saturated carbocycles. The number of hydrogen-bond donors (Lipinski definition) is 0. The number of likely N-dealkylation sites (tertiary alicyclic amines) is 2. The smallest absolute Gasteiger partial charge is 0.222 e. The Hall–Kier alpha value is -0.610. The predicted octanol–water partition coefficient (Wildman–Crippen LogP) is 2.28. The zero-order valence-corrected chi connectivity index (χ0v) is 13.4. The second-order valence-corrected chi connectivity index (χ2v) is 6.95. The van der Waals surface area contributed by atoms with Gasteiger partial charge < -0.3 is 14.5 Å². The van der Waals surface area contributed by atoms with Gasteiger partial charge in [-0.05, 0) is 51.4 Å². The lowest BCUT2D eigenvalue weighted by Gasteiger charge is -2.37. The Balaban J connectivity index is 1.47. The standard InChI is InChI=1S/C17H30N2O2/c1-2-21-16-8-11-18(12-9-16)15-5-6-17(20)19(10-7-15)13-14-3-4-14/h14-16H,2-13H2,1H3/t15-/m1/s1. The minimum Gasteiger partial charge on any atom is -0.378 e. The number of amides is 1. The van der Waals surface area contributed by atoms with Gasteiger partial charge in [0.15, 0.2) is 0 Å². The number of hydrogen-bond acceptors (Lipinski definition) is 3. The molecule has 0 aromatic carbocycles. The van der Waals surface area contributed by atoms with Crippen LogP contribution in [-0.4, -0.2) is 60.6 Å². The Labute approximate surface area is 128 Å². The number of ether oxygens (including phenoxy) is 1. The van der Waals surface area contributed by atoms with Crippen LogP contribution in [0.1, 0.15) is 51.9 Å². The summed E-state index contributed by atoms with van der Waals surface area (Å²) in [6.07, 6.45) is 8.41. The molecule has 3 rings (SSSR count). The first-order chi connectivity index (χ1) is 10.3. The monoisotopic (exact) mass is 294 g/mol. The van der Waals surface area contributed by atoms with Gasteiger partial charge in [-0.25, -0.2) is 0 Å². The molecular weight excluding hydrogens is 264 g/mol. The molecule has 3 aliphatic rings. The van der Waals surface area contributed by atoms with Crippen LogP contribution >= 0.6 is 0 Å². The molecule has 0 aromatic heterocycles. The average Bonchev–Trinajstić information content (AvgIpc) is 3.32. The van der Waals surface area contributed by atoms with E-state index < -0.39 is 0 Å². The fourth-order valence-electron chi connectivity index (χ4n) is 3.84. The van der Waals surface area contributed by atoms with Crippen molar-refractivity contribution >= 4 is 5.91 Å². The molecule has 0 aromatic rings. The molecule has 0 bridgehead atoms. The van der Waals surface area contributed by atoms with E-state index in [1.165, 1.54) is 12.8 Å². The Kier molecular flexibility index (Phi) is 5.17. The van der Waals surface area contributed by atoms with Crippen molar-refractivity contribution in [2.45, 2.75) is 64.0 Å². The quantitative estimate of drug-likeness (QED) is 0.780. The zero-order valence-electron chi connectivity index (χ0n) is 13.4. The summed E-state index contributed by atoms with van der Waals surface area (Å²) in [5.41, 5.74) is 0. The Morgan fingerprint density at radius 1 is 1.05 bits per heavy atom. The SMILES string of the molecule is CCOC1CCN([C@@H]2CCC(=O)N(CC3CC3)CC2)CC1. The lowest BCUT2D eigenvalue weighted by Crippen LogP contribution is -2.43. The summed E-state index contributed by atoms with van der Waals surface area (Å²) in [5.74, 6) is 1.21. The van der Waals surface area contributed by atoms with Crippen molar-refractivity contribution < 1.29 is 9.53 Å². The third-order valence-corrected chi connectivity index (χ3v) is 5.35. The van der Waals surface area contributed by atoms with Crippen LogP contribution in [0.5, 0.6) is 0 Å². The molecule has 0 spiro atoms. The molecule has 2 saturated heterocycles. The van der Waals surface area contributed by atoms with E-state index in [-0.39, 0.29) is 0 Å². The molecule has 1 amide bonds. The first-order valence-electron chi connectivity index (χ1n) is 8.89.